The standard InChI is InChI=1S/C26H25F2N5O2S/c1-32(2)20-9-7-19(8-10-20)18-5-3-17(4-6-18)11-23-31-22(15-36-23)25(35)30-14-24(34)33-16-26(27,28)12-21(33)13-29/h3-10,15,21H,11-12,14,16H2,1-2H3,(H,30,35)/t21-/m0/s1. The van der Waals surface area contributed by atoms with Crippen molar-refractivity contribution in [1.29, 1.82) is 5.26 Å². The number of hydrogen-bond acceptors (Lipinski definition) is 6. The zero-order valence-electron chi connectivity index (χ0n) is 19.9. The van der Waals surface area contributed by atoms with E-state index in [-0.39, 0.29) is 5.69 Å². The van der Waals surface area contributed by atoms with Crippen LogP contribution >= 0.6 is 11.3 Å². The second kappa shape index (κ2) is 10.4. The quantitative estimate of drug-likeness (QED) is 0.521. The number of nitrogens with one attached hydrogen (secondary N) is 1. The zero-order chi connectivity index (χ0) is 25.9. The van der Waals surface area contributed by atoms with Crippen molar-refractivity contribution in [1.82, 2.24) is 15.2 Å². The van der Waals surface area contributed by atoms with Crippen LogP contribution in [0, 0.1) is 11.3 Å². The number of halogens is 2. The van der Waals surface area contributed by atoms with Gasteiger partial charge in [-0.3, -0.25) is 9.59 Å². The highest BCUT2D eigenvalue weighted by molar-refractivity contribution is 7.09. The average molecular weight is 510 g/mol. The Morgan fingerprint density at radius 1 is 1.17 bits per heavy atom. The number of amides is 2. The van der Waals surface area contributed by atoms with Crippen LogP contribution in [0.4, 0.5) is 14.5 Å². The summed E-state index contributed by atoms with van der Waals surface area (Å²) in [5.74, 6) is -4.39. The summed E-state index contributed by atoms with van der Waals surface area (Å²) in [4.78, 5) is 31.9. The number of aromatic nitrogens is 1. The molecule has 0 radical (unpaired) electrons. The van der Waals surface area contributed by atoms with E-state index in [1.807, 2.05) is 43.3 Å². The number of benzene rings is 2. The van der Waals surface area contributed by atoms with E-state index >= 15 is 0 Å². The van der Waals surface area contributed by atoms with E-state index in [1.54, 1.807) is 11.4 Å². The Bertz CT molecular complexity index is 1280. The summed E-state index contributed by atoms with van der Waals surface area (Å²) >= 11 is 1.33. The van der Waals surface area contributed by atoms with Crippen molar-refractivity contribution in [3.05, 3.63) is 70.2 Å². The highest BCUT2D eigenvalue weighted by Gasteiger charge is 2.47. The molecule has 1 saturated heterocycles. The van der Waals surface area contributed by atoms with Gasteiger partial charge in [0, 0.05) is 38.0 Å². The average Bonchev–Trinajstić information content (AvgIpc) is 3.46. The maximum atomic E-state index is 13.5. The number of rotatable bonds is 7. The summed E-state index contributed by atoms with van der Waals surface area (Å²) in [5, 5.41) is 13.8. The Balaban J connectivity index is 1.32. The van der Waals surface area contributed by atoms with Crippen molar-refractivity contribution in [3.8, 4) is 17.2 Å². The van der Waals surface area contributed by atoms with E-state index in [9.17, 15) is 18.4 Å². The molecule has 1 aliphatic rings. The molecular weight excluding hydrogens is 484 g/mol. The molecule has 186 valence electrons. The van der Waals surface area contributed by atoms with Crippen molar-refractivity contribution in [2.75, 3.05) is 32.1 Å². The van der Waals surface area contributed by atoms with Crippen LogP contribution in [0.25, 0.3) is 11.1 Å². The molecule has 4 rings (SSSR count). The fraction of sp³-hybridized carbons (Fsp3) is 0.308. The molecule has 10 heteroatoms. The summed E-state index contributed by atoms with van der Waals surface area (Å²) in [5.41, 5.74) is 4.55. The van der Waals surface area contributed by atoms with Crippen LogP contribution in [0.1, 0.15) is 27.5 Å². The van der Waals surface area contributed by atoms with E-state index < -0.39 is 43.3 Å². The van der Waals surface area contributed by atoms with Crippen molar-refractivity contribution in [3.63, 3.8) is 0 Å². The van der Waals surface area contributed by atoms with Gasteiger partial charge in [-0.15, -0.1) is 11.3 Å². The molecule has 2 aromatic carbocycles. The van der Waals surface area contributed by atoms with Gasteiger partial charge in [0.2, 0.25) is 5.91 Å². The number of carbonyl (C=O) groups excluding carboxylic acids is 2. The molecule has 2 heterocycles. The van der Waals surface area contributed by atoms with Crippen LogP contribution in [0.3, 0.4) is 0 Å². The van der Waals surface area contributed by atoms with Crippen LogP contribution in [-0.4, -0.2) is 60.8 Å². The number of likely N-dealkylation sites (tertiary alicyclic amines) is 1. The lowest BCUT2D eigenvalue weighted by Crippen LogP contribution is -2.43. The first-order valence-corrected chi connectivity index (χ1v) is 12.2. The topological polar surface area (TPSA) is 89.3 Å². The minimum Gasteiger partial charge on any atom is -0.378 e. The van der Waals surface area contributed by atoms with E-state index in [2.05, 4.69) is 34.6 Å². The summed E-state index contributed by atoms with van der Waals surface area (Å²) in [6, 6.07) is 17.0. The number of anilines is 1. The number of nitriles is 1. The van der Waals surface area contributed by atoms with Crippen LogP contribution in [0.15, 0.2) is 53.9 Å². The van der Waals surface area contributed by atoms with E-state index in [1.165, 1.54) is 11.3 Å². The molecule has 0 spiro atoms. The number of thiazole rings is 1. The summed E-state index contributed by atoms with van der Waals surface area (Å²) in [6.07, 6.45) is -0.147. The molecule has 1 N–H and O–H groups in total. The Morgan fingerprint density at radius 3 is 2.42 bits per heavy atom. The third kappa shape index (κ3) is 5.86. The minimum absolute atomic E-state index is 0.156. The Morgan fingerprint density at radius 2 is 1.81 bits per heavy atom. The first-order valence-electron chi connectivity index (χ1n) is 11.3. The van der Waals surface area contributed by atoms with Crippen molar-refractivity contribution < 1.29 is 18.4 Å². The van der Waals surface area contributed by atoms with Gasteiger partial charge in [0.25, 0.3) is 11.8 Å². The summed E-state index contributed by atoms with van der Waals surface area (Å²) < 4.78 is 27.1. The molecule has 36 heavy (non-hydrogen) atoms. The van der Waals surface area contributed by atoms with Crippen molar-refractivity contribution in [2.45, 2.75) is 24.8 Å². The minimum atomic E-state index is -3.10. The van der Waals surface area contributed by atoms with Gasteiger partial charge >= 0.3 is 0 Å². The van der Waals surface area contributed by atoms with E-state index in [0.29, 0.717) is 6.42 Å². The highest BCUT2D eigenvalue weighted by Crippen LogP contribution is 2.31. The van der Waals surface area contributed by atoms with Gasteiger partial charge in [0.05, 0.1) is 24.2 Å². The number of nitrogens with zero attached hydrogens (tertiary/aromatic N) is 4. The first-order chi connectivity index (χ1) is 17.1. The van der Waals surface area contributed by atoms with Crippen molar-refractivity contribution >= 4 is 28.8 Å². The molecule has 0 saturated carbocycles. The lowest BCUT2D eigenvalue weighted by molar-refractivity contribution is -0.131. The van der Waals surface area contributed by atoms with Gasteiger partial charge in [0.1, 0.15) is 11.7 Å². The van der Waals surface area contributed by atoms with Crippen LogP contribution in [-0.2, 0) is 11.2 Å². The van der Waals surface area contributed by atoms with E-state index in [0.717, 1.165) is 32.3 Å². The molecule has 3 aromatic rings. The molecule has 0 unspecified atom stereocenters. The fourth-order valence-electron chi connectivity index (χ4n) is 3.98. The van der Waals surface area contributed by atoms with Gasteiger partial charge in [-0.25, -0.2) is 13.8 Å². The largest absolute Gasteiger partial charge is 0.378 e. The summed E-state index contributed by atoms with van der Waals surface area (Å²) in [7, 11) is 4.00. The number of hydrogen-bond donors (Lipinski definition) is 1. The molecule has 0 bridgehead atoms. The Hall–Kier alpha value is -3.84. The molecule has 1 aromatic heterocycles. The molecule has 1 aliphatic heterocycles. The van der Waals surface area contributed by atoms with Crippen LogP contribution in [0.2, 0.25) is 0 Å². The maximum Gasteiger partial charge on any atom is 0.271 e. The third-order valence-electron chi connectivity index (χ3n) is 5.95. The summed E-state index contributed by atoms with van der Waals surface area (Å²) in [6.45, 7) is -1.29. The van der Waals surface area contributed by atoms with Gasteiger partial charge < -0.3 is 15.1 Å². The third-order valence-corrected chi connectivity index (χ3v) is 6.80. The van der Waals surface area contributed by atoms with E-state index in [4.69, 9.17) is 5.26 Å². The smallest absolute Gasteiger partial charge is 0.271 e. The number of alkyl halides is 2. The first kappa shape index (κ1) is 25.3. The lowest BCUT2D eigenvalue weighted by atomic mass is 10.0. The molecular formula is C26H25F2N5O2S. The molecule has 1 atom stereocenters. The molecule has 2 amide bonds. The van der Waals surface area contributed by atoms with Gasteiger partial charge in [-0.1, -0.05) is 36.4 Å². The predicted molar refractivity (Wildman–Crippen MR) is 134 cm³/mol. The van der Waals surface area contributed by atoms with Gasteiger partial charge in [-0.05, 0) is 28.8 Å². The molecule has 1 fully saturated rings. The molecule has 7 nitrogen and oxygen atoms in total. The fourth-order valence-corrected chi connectivity index (χ4v) is 4.79. The van der Waals surface area contributed by atoms with Crippen molar-refractivity contribution in [2.24, 2.45) is 0 Å². The Kier molecular flexibility index (Phi) is 7.31. The lowest BCUT2D eigenvalue weighted by Gasteiger charge is -2.19. The second-order valence-corrected chi connectivity index (χ2v) is 9.79. The highest BCUT2D eigenvalue weighted by atomic mass is 32.1. The predicted octanol–water partition coefficient (Wildman–Crippen LogP) is 3.96. The van der Waals surface area contributed by atoms with Crippen LogP contribution in [0.5, 0.6) is 0 Å². The second-order valence-electron chi connectivity index (χ2n) is 8.85. The normalized spacial score (nSPS) is 16.4. The number of carbonyl (C=O) groups is 2. The maximum absolute atomic E-state index is 13.5. The monoisotopic (exact) mass is 509 g/mol. The molecule has 0 aliphatic carbocycles. The van der Waals surface area contributed by atoms with Crippen LogP contribution < -0.4 is 10.2 Å². The Labute approximate surface area is 212 Å². The van der Waals surface area contributed by atoms with Gasteiger partial charge in [0.15, 0.2) is 0 Å². The SMILES string of the molecule is CN(C)c1ccc(-c2ccc(Cc3nc(C(=O)NCC(=O)N4CC(F)(F)C[C@H]4C#N)cs3)cc2)cc1. The zero-order valence-corrected chi connectivity index (χ0v) is 20.7. The van der Waals surface area contributed by atoms with Gasteiger partial charge in [-0.2, -0.15) is 5.26 Å².